The Balaban J connectivity index is 1.59. The van der Waals surface area contributed by atoms with Crippen molar-refractivity contribution in [3.8, 4) is 0 Å². The molecule has 3 rings (SSSR count). The third-order valence-electron chi connectivity index (χ3n) is 3.86. The molecule has 1 aliphatic heterocycles. The van der Waals surface area contributed by atoms with Crippen LogP contribution in [-0.2, 0) is 0 Å². The van der Waals surface area contributed by atoms with Gasteiger partial charge in [-0.3, -0.25) is 5.32 Å². The number of benzene rings is 1. The van der Waals surface area contributed by atoms with Gasteiger partial charge in [0.2, 0.25) is 5.13 Å². The predicted molar refractivity (Wildman–Crippen MR) is 83.5 cm³/mol. The molecule has 110 valence electrons. The normalized spacial score (nSPS) is 19.0. The van der Waals surface area contributed by atoms with Crippen LogP contribution in [-0.4, -0.2) is 34.2 Å². The Labute approximate surface area is 128 Å². The summed E-state index contributed by atoms with van der Waals surface area (Å²) >= 11 is 1.34. The van der Waals surface area contributed by atoms with E-state index in [4.69, 9.17) is 0 Å². The van der Waals surface area contributed by atoms with Gasteiger partial charge in [0.15, 0.2) is 0 Å². The molecule has 1 aromatic carbocycles. The Morgan fingerprint density at radius 3 is 2.86 bits per heavy atom. The molecule has 2 amide bonds. The molecule has 2 aromatic rings. The minimum Gasteiger partial charge on any atom is -0.324 e. The average Bonchev–Trinajstić information content (AvgIpc) is 2.89. The lowest BCUT2D eigenvalue weighted by molar-refractivity contribution is 0.213. The highest BCUT2D eigenvalue weighted by Crippen LogP contribution is 2.28. The highest BCUT2D eigenvalue weighted by Gasteiger charge is 2.22. The molecule has 1 saturated heterocycles. The molecular formula is C15H18N4OS. The van der Waals surface area contributed by atoms with Crippen molar-refractivity contribution in [1.29, 1.82) is 0 Å². The van der Waals surface area contributed by atoms with Crippen molar-refractivity contribution in [2.75, 3.05) is 18.4 Å². The van der Waals surface area contributed by atoms with Gasteiger partial charge in [-0.05, 0) is 30.7 Å². The number of nitrogens with zero attached hydrogens (tertiary/aromatic N) is 3. The number of nitrogens with one attached hydrogen (secondary N) is 1. The number of carbonyl (C=O) groups is 1. The zero-order valence-corrected chi connectivity index (χ0v) is 12.6. The first-order valence-corrected chi connectivity index (χ1v) is 8.08. The first-order chi connectivity index (χ1) is 10.3. The maximum atomic E-state index is 12.2. The second kappa shape index (κ2) is 6.67. The fourth-order valence-corrected chi connectivity index (χ4v) is 3.19. The molecule has 1 atom stereocenters. The molecule has 0 aliphatic carbocycles. The summed E-state index contributed by atoms with van der Waals surface area (Å²) < 4.78 is 0. The molecule has 0 radical (unpaired) electrons. The largest absolute Gasteiger partial charge is 0.324 e. The first kappa shape index (κ1) is 14.0. The van der Waals surface area contributed by atoms with Crippen LogP contribution in [0.3, 0.4) is 0 Å². The summed E-state index contributed by atoms with van der Waals surface area (Å²) in [7, 11) is 0. The first-order valence-electron chi connectivity index (χ1n) is 7.20. The Kier molecular flexibility index (Phi) is 4.45. The summed E-state index contributed by atoms with van der Waals surface area (Å²) in [6.45, 7) is 1.58. The van der Waals surface area contributed by atoms with Gasteiger partial charge in [0, 0.05) is 13.1 Å². The summed E-state index contributed by atoms with van der Waals surface area (Å²) in [6, 6.07) is 10.5. The van der Waals surface area contributed by atoms with E-state index in [1.807, 2.05) is 11.0 Å². The Morgan fingerprint density at radius 2 is 2.10 bits per heavy atom. The molecule has 1 aliphatic rings. The molecule has 1 N–H and O–H groups in total. The molecule has 21 heavy (non-hydrogen) atoms. The minimum absolute atomic E-state index is 0.0690. The Morgan fingerprint density at radius 1 is 1.24 bits per heavy atom. The second-order valence-corrected chi connectivity index (χ2v) is 6.03. The SMILES string of the molecule is O=C(Nc1nncs1)N1CCCC(c2ccccc2)CC1. The van der Waals surface area contributed by atoms with Crippen LogP contribution >= 0.6 is 11.3 Å². The molecule has 5 nitrogen and oxygen atoms in total. The number of aromatic nitrogens is 2. The average molecular weight is 302 g/mol. The Hall–Kier alpha value is -1.95. The van der Waals surface area contributed by atoms with Crippen LogP contribution in [0.25, 0.3) is 0 Å². The van der Waals surface area contributed by atoms with Crippen molar-refractivity contribution >= 4 is 22.5 Å². The van der Waals surface area contributed by atoms with Gasteiger partial charge in [0.25, 0.3) is 0 Å². The van der Waals surface area contributed by atoms with Crippen LogP contribution in [0.4, 0.5) is 9.93 Å². The van der Waals surface area contributed by atoms with Gasteiger partial charge in [0.05, 0.1) is 0 Å². The van der Waals surface area contributed by atoms with E-state index in [0.717, 1.165) is 32.4 Å². The van der Waals surface area contributed by atoms with Gasteiger partial charge in [-0.25, -0.2) is 4.79 Å². The highest BCUT2D eigenvalue weighted by atomic mass is 32.1. The van der Waals surface area contributed by atoms with Crippen LogP contribution < -0.4 is 5.32 Å². The molecule has 2 heterocycles. The third-order valence-corrected chi connectivity index (χ3v) is 4.47. The number of hydrogen-bond acceptors (Lipinski definition) is 4. The molecule has 1 aromatic heterocycles. The van der Waals surface area contributed by atoms with Crippen molar-refractivity contribution in [3.05, 3.63) is 41.4 Å². The maximum Gasteiger partial charge on any atom is 0.323 e. The Bertz CT molecular complexity index is 573. The standard InChI is InChI=1S/C15H18N4OS/c20-15(17-14-18-16-11-21-14)19-9-4-7-13(8-10-19)12-5-2-1-3-6-12/h1-3,5-6,11,13H,4,7-10H2,(H,17,18,20). The van der Waals surface area contributed by atoms with E-state index >= 15 is 0 Å². The number of urea groups is 1. The summed E-state index contributed by atoms with van der Waals surface area (Å²) in [5, 5.41) is 10.9. The number of rotatable bonds is 2. The molecule has 0 saturated carbocycles. The van der Waals surface area contributed by atoms with Crippen molar-refractivity contribution in [2.24, 2.45) is 0 Å². The zero-order chi connectivity index (χ0) is 14.5. The molecule has 0 spiro atoms. The third kappa shape index (κ3) is 3.58. The van der Waals surface area contributed by atoms with Crippen molar-refractivity contribution < 1.29 is 4.79 Å². The van der Waals surface area contributed by atoms with E-state index in [1.165, 1.54) is 16.9 Å². The molecule has 1 fully saturated rings. The van der Waals surface area contributed by atoms with E-state index in [-0.39, 0.29) is 6.03 Å². The lowest BCUT2D eigenvalue weighted by Gasteiger charge is -2.20. The molecule has 1 unspecified atom stereocenters. The lowest BCUT2D eigenvalue weighted by Crippen LogP contribution is -2.35. The summed E-state index contributed by atoms with van der Waals surface area (Å²) in [5.41, 5.74) is 2.99. The number of anilines is 1. The van der Waals surface area contributed by atoms with Crippen LogP contribution in [0, 0.1) is 0 Å². The van der Waals surface area contributed by atoms with Gasteiger partial charge in [-0.15, -0.1) is 10.2 Å². The smallest absolute Gasteiger partial charge is 0.323 e. The van der Waals surface area contributed by atoms with Crippen LogP contribution in [0.5, 0.6) is 0 Å². The van der Waals surface area contributed by atoms with E-state index < -0.39 is 0 Å². The lowest BCUT2D eigenvalue weighted by atomic mass is 9.92. The fourth-order valence-electron chi connectivity index (χ4n) is 2.76. The number of carbonyl (C=O) groups excluding carboxylic acids is 1. The van der Waals surface area contributed by atoms with Crippen molar-refractivity contribution in [3.63, 3.8) is 0 Å². The topological polar surface area (TPSA) is 58.1 Å². The summed E-state index contributed by atoms with van der Waals surface area (Å²) in [6.07, 6.45) is 3.17. The molecule has 0 bridgehead atoms. The number of amides is 2. The minimum atomic E-state index is -0.0690. The van der Waals surface area contributed by atoms with Crippen molar-refractivity contribution in [2.45, 2.75) is 25.2 Å². The summed E-state index contributed by atoms with van der Waals surface area (Å²) in [5.74, 6) is 0.547. The maximum absolute atomic E-state index is 12.2. The molecule has 6 heteroatoms. The number of hydrogen-bond donors (Lipinski definition) is 1. The van der Waals surface area contributed by atoms with E-state index in [2.05, 4.69) is 39.8 Å². The van der Waals surface area contributed by atoms with E-state index in [1.54, 1.807) is 5.51 Å². The van der Waals surface area contributed by atoms with Gasteiger partial charge < -0.3 is 4.90 Å². The fraction of sp³-hybridized carbons (Fsp3) is 0.400. The predicted octanol–water partition coefficient (Wildman–Crippen LogP) is 3.34. The van der Waals surface area contributed by atoms with Gasteiger partial charge in [-0.2, -0.15) is 0 Å². The van der Waals surface area contributed by atoms with Crippen LogP contribution in [0.2, 0.25) is 0 Å². The van der Waals surface area contributed by atoms with E-state index in [0.29, 0.717) is 11.0 Å². The van der Waals surface area contributed by atoms with Crippen LogP contribution in [0.1, 0.15) is 30.7 Å². The van der Waals surface area contributed by atoms with Crippen LogP contribution in [0.15, 0.2) is 35.8 Å². The highest BCUT2D eigenvalue weighted by molar-refractivity contribution is 7.13. The van der Waals surface area contributed by atoms with Gasteiger partial charge in [0.1, 0.15) is 5.51 Å². The van der Waals surface area contributed by atoms with Gasteiger partial charge in [-0.1, -0.05) is 41.7 Å². The molecular weight excluding hydrogens is 284 g/mol. The zero-order valence-electron chi connectivity index (χ0n) is 11.7. The van der Waals surface area contributed by atoms with Crippen molar-refractivity contribution in [1.82, 2.24) is 15.1 Å². The quantitative estimate of drug-likeness (QED) is 0.925. The monoisotopic (exact) mass is 302 g/mol. The van der Waals surface area contributed by atoms with Gasteiger partial charge >= 0.3 is 6.03 Å². The number of likely N-dealkylation sites (tertiary alicyclic amines) is 1. The second-order valence-electron chi connectivity index (χ2n) is 5.20. The van der Waals surface area contributed by atoms with E-state index in [9.17, 15) is 4.79 Å². The summed E-state index contributed by atoms with van der Waals surface area (Å²) in [4.78, 5) is 14.1.